The van der Waals surface area contributed by atoms with Gasteiger partial charge in [-0.2, -0.15) is 23.5 Å². The Morgan fingerprint density at radius 3 is 2.68 bits per heavy atom. The molecule has 3 heterocycles. The molecule has 7 nitrogen and oxygen atoms in total. The average Bonchev–Trinajstić information content (AvgIpc) is 3.35. The molecule has 0 unspecified atom stereocenters. The summed E-state index contributed by atoms with van der Waals surface area (Å²) in [7, 11) is 0. The molecular formula is C24H28F3N5O2. The van der Waals surface area contributed by atoms with Gasteiger partial charge >= 0.3 is 6.18 Å². The topological polar surface area (TPSA) is 85.4 Å². The molecule has 0 bridgehead atoms. The minimum absolute atomic E-state index is 0.00951. The lowest BCUT2D eigenvalue weighted by Crippen LogP contribution is -2.50. The SMILES string of the molecule is Cc1cc(C)n(CCC(=O)N2CC[C@@]3(CO)CN(c4ccc(C#N)c(C(F)(F)F)c4)C[C@H]3C2)n1. The number of carbonyl (C=O) groups excluding carboxylic acids is 1. The summed E-state index contributed by atoms with van der Waals surface area (Å²) >= 11 is 0. The van der Waals surface area contributed by atoms with E-state index >= 15 is 0 Å². The summed E-state index contributed by atoms with van der Waals surface area (Å²) in [6, 6.07) is 7.29. The van der Waals surface area contributed by atoms with Gasteiger partial charge in [-0.3, -0.25) is 9.48 Å². The highest BCUT2D eigenvalue weighted by Gasteiger charge is 2.50. The van der Waals surface area contributed by atoms with Crippen molar-refractivity contribution in [1.29, 1.82) is 5.26 Å². The summed E-state index contributed by atoms with van der Waals surface area (Å²) in [5, 5.41) is 23.7. The quantitative estimate of drug-likeness (QED) is 0.718. The molecule has 2 aliphatic heterocycles. The summed E-state index contributed by atoms with van der Waals surface area (Å²) in [5.41, 5.74) is 0.425. The fourth-order valence-electron chi connectivity index (χ4n) is 5.29. The van der Waals surface area contributed by atoms with Crippen LogP contribution in [-0.2, 0) is 17.5 Å². The number of halogens is 3. The molecule has 0 aliphatic carbocycles. The molecule has 0 radical (unpaired) electrons. The molecule has 2 fully saturated rings. The molecule has 0 saturated carbocycles. The van der Waals surface area contributed by atoms with E-state index in [-0.39, 0.29) is 18.4 Å². The van der Waals surface area contributed by atoms with Gasteiger partial charge in [-0.25, -0.2) is 0 Å². The van der Waals surface area contributed by atoms with Crippen molar-refractivity contribution in [3.63, 3.8) is 0 Å². The summed E-state index contributed by atoms with van der Waals surface area (Å²) in [6.45, 7) is 6.05. The second-order valence-electron chi connectivity index (χ2n) is 9.43. The zero-order valence-corrected chi connectivity index (χ0v) is 19.3. The van der Waals surface area contributed by atoms with Crippen LogP contribution >= 0.6 is 0 Å². The van der Waals surface area contributed by atoms with Crippen molar-refractivity contribution in [2.45, 2.75) is 39.4 Å². The second-order valence-corrected chi connectivity index (χ2v) is 9.43. The highest BCUT2D eigenvalue weighted by molar-refractivity contribution is 5.76. The van der Waals surface area contributed by atoms with E-state index in [0.29, 0.717) is 51.3 Å². The first kappa shape index (κ1) is 24.1. The van der Waals surface area contributed by atoms with Gasteiger partial charge in [0.2, 0.25) is 5.91 Å². The number of amides is 1. The minimum Gasteiger partial charge on any atom is -0.396 e. The highest BCUT2D eigenvalue weighted by atomic mass is 19.4. The number of carbonyl (C=O) groups is 1. The van der Waals surface area contributed by atoms with Gasteiger partial charge in [0.15, 0.2) is 0 Å². The van der Waals surface area contributed by atoms with Gasteiger partial charge in [-0.15, -0.1) is 0 Å². The van der Waals surface area contributed by atoms with Crippen molar-refractivity contribution in [3.05, 3.63) is 46.8 Å². The Hall–Kier alpha value is -3.06. The Balaban J connectivity index is 1.47. The zero-order valence-electron chi connectivity index (χ0n) is 19.3. The van der Waals surface area contributed by atoms with Crippen molar-refractivity contribution in [1.82, 2.24) is 14.7 Å². The standard InChI is InChI=1S/C24H28F3N5O2/c1-16-9-17(2)32(29-16)7-5-22(34)30-8-6-23(15-33)14-31(13-19(23)12-30)20-4-3-18(11-28)21(10-20)24(25,26)27/h3-4,9-10,19,33H,5-8,12-15H2,1-2H3/t19-,23+/m1/s1. The highest BCUT2D eigenvalue weighted by Crippen LogP contribution is 2.45. The predicted octanol–water partition coefficient (Wildman–Crippen LogP) is 3.13. The van der Waals surface area contributed by atoms with Gasteiger partial charge in [0.1, 0.15) is 0 Å². The van der Waals surface area contributed by atoms with Crippen molar-refractivity contribution in [3.8, 4) is 6.07 Å². The Morgan fingerprint density at radius 1 is 1.29 bits per heavy atom. The van der Waals surface area contributed by atoms with Crippen molar-refractivity contribution in [2.24, 2.45) is 11.3 Å². The van der Waals surface area contributed by atoms with Crippen molar-refractivity contribution >= 4 is 11.6 Å². The molecule has 34 heavy (non-hydrogen) atoms. The molecule has 2 aromatic rings. The summed E-state index contributed by atoms with van der Waals surface area (Å²) in [6.07, 6.45) is -3.73. The maximum atomic E-state index is 13.4. The van der Waals surface area contributed by atoms with Crippen LogP contribution in [0.15, 0.2) is 24.3 Å². The van der Waals surface area contributed by atoms with Gasteiger partial charge in [0, 0.05) is 61.9 Å². The Bertz CT molecular complexity index is 1120. The Labute approximate surface area is 196 Å². The number of nitrogens with zero attached hydrogens (tertiary/aromatic N) is 5. The van der Waals surface area contributed by atoms with Crippen LogP contribution in [-0.4, -0.2) is 58.5 Å². The number of anilines is 1. The first-order chi connectivity index (χ1) is 16.1. The summed E-state index contributed by atoms with van der Waals surface area (Å²) in [4.78, 5) is 16.5. The van der Waals surface area contributed by atoms with Crippen LogP contribution in [0.4, 0.5) is 18.9 Å². The number of piperidine rings is 1. The number of hydrogen-bond donors (Lipinski definition) is 1. The van der Waals surface area contributed by atoms with Gasteiger partial charge in [0.05, 0.1) is 29.5 Å². The number of fused-ring (bicyclic) bond motifs is 1. The number of likely N-dealkylation sites (tertiary alicyclic amines) is 1. The molecule has 1 N–H and O–H groups in total. The maximum Gasteiger partial charge on any atom is 0.417 e. The van der Waals surface area contributed by atoms with Gasteiger partial charge < -0.3 is 14.9 Å². The van der Waals surface area contributed by atoms with E-state index in [1.54, 1.807) is 11.0 Å². The zero-order chi connectivity index (χ0) is 24.7. The first-order valence-corrected chi connectivity index (χ1v) is 11.3. The number of rotatable bonds is 5. The molecule has 182 valence electrons. The molecule has 0 spiro atoms. The smallest absolute Gasteiger partial charge is 0.396 e. The van der Waals surface area contributed by atoms with E-state index in [2.05, 4.69) is 5.10 Å². The molecule has 2 aliphatic rings. The van der Waals surface area contributed by atoms with E-state index in [1.165, 1.54) is 12.1 Å². The number of alkyl halides is 3. The van der Waals surface area contributed by atoms with Gasteiger partial charge in [-0.1, -0.05) is 0 Å². The second kappa shape index (κ2) is 8.95. The van der Waals surface area contributed by atoms with E-state index in [9.17, 15) is 23.1 Å². The van der Waals surface area contributed by atoms with Gasteiger partial charge in [0.25, 0.3) is 0 Å². The van der Waals surface area contributed by atoms with Crippen LogP contribution in [0.5, 0.6) is 0 Å². The number of benzene rings is 1. The number of hydrogen-bond acceptors (Lipinski definition) is 5. The normalized spacial score (nSPS) is 22.6. The number of aromatic nitrogens is 2. The van der Waals surface area contributed by atoms with E-state index in [1.807, 2.05) is 29.5 Å². The van der Waals surface area contributed by atoms with Crippen LogP contribution in [0.2, 0.25) is 0 Å². The minimum atomic E-state index is -4.63. The summed E-state index contributed by atoms with van der Waals surface area (Å²) < 4.78 is 42.1. The molecule has 2 saturated heterocycles. The average molecular weight is 476 g/mol. The largest absolute Gasteiger partial charge is 0.417 e. The Kier molecular flexibility index (Phi) is 6.34. The van der Waals surface area contributed by atoms with Gasteiger partial charge in [-0.05, 0) is 44.5 Å². The van der Waals surface area contributed by atoms with E-state index < -0.39 is 22.7 Å². The van der Waals surface area contributed by atoms with Crippen LogP contribution < -0.4 is 4.90 Å². The first-order valence-electron chi connectivity index (χ1n) is 11.3. The number of aliphatic hydroxyl groups excluding tert-OH is 1. The molecule has 4 rings (SSSR count). The third-order valence-corrected chi connectivity index (χ3v) is 7.24. The van der Waals surface area contributed by atoms with Crippen LogP contribution in [0, 0.1) is 36.5 Å². The van der Waals surface area contributed by atoms with Crippen LogP contribution in [0.3, 0.4) is 0 Å². The van der Waals surface area contributed by atoms with Crippen LogP contribution in [0.1, 0.15) is 35.4 Å². The monoisotopic (exact) mass is 475 g/mol. The maximum absolute atomic E-state index is 13.4. The van der Waals surface area contributed by atoms with Crippen molar-refractivity contribution in [2.75, 3.05) is 37.7 Å². The molecule has 1 aromatic carbocycles. The third-order valence-electron chi connectivity index (χ3n) is 7.24. The number of aliphatic hydroxyl groups is 1. The van der Waals surface area contributed by atoms with E-state index in [4.69, 9.17) is 5.26 Å². The molecule has 1 amide bonds. The molecule has 10 heteroatoms. The lowest BCUT2D eigenvalue weighted by Gasteiger charge is -2.42. The third kappa shape index (κ3) is 4.49. The predicted molar refractivity (Wildman–Crippen MR) is 119 cm³/mol. The fraction of sp³-hybridized carbons (Fsp3) is 0.542. The lowest BCUT2D eigenvalue weighted by molar-refractivity contribution is -0.138. The molecular weight excluding hydrogens is 447 g/mol. The summed E-state index contributed by atoms with van der Waals surface area (Å²) in [5.74, 6) is -0.0517. The number of nitriles is 1. The molecule has 1 aromatic heterocycles. The molecule has 2 atom stereocenters. The fourth-order valence-corrected chi connectivity index (χ4v) is 5.29. The van der Waals surface area contributed by atoms with E-state index in [0.717, 1.165) is 17.5 Å². The van der Waals surface area contributed by atoms with Crippen molar-refractivity contribution < 1.29 is 23.1 Å². The number of aryl methyl sites for hydroxylation is 3. The van der Waals surface area contributed by atoms with Crippen LogP contribution in [0.25, 0.3) is 0 Å². The lowest BCUT2D eigenvalue weighted by atomic mass is 9.73. The Morgan fingerprint density at radius 2 is 2.06 bits per heavy atom.